The largest absolute Gasteiger partial charge is 0.399 e. The van der Waals surface area contributed by atoms with E-state index in [9.17, 15) is 0 Å². The van der Waals surface area contributed by atoms with E-state index in [1.54, 1.807) is 6.07 Å². The number of aromatic nitrogens is 3. The van der Waals surface area contributed by atoms with Crippen LogP contribution in [0.2, 0.25) is 5.02 Å². The third-order valence-corrected chi connectivity index (χ3v) is 4.05. The molecule has 0 atom stereocenters. The molecular weight excluding hydrogens is 260 g/mol. The summed E-state index contributed by atoms with van der Waals surface area (Å²) in [5.74, 6) is 2.27. The molecule has 0 unspecified atom stereocenters. The van der Waals surface area contributed by atoms with Gasteiger partial charge in [0.2, 0.25) is 0 Å². The zero-order valence-electron chi connectivity index (χ0n) is 10.9. The molecule has 4 nitrogen and oxygen atoms in total. The lowest BCUT2D eigenvalue weighted by Gasteiger charge is -2.03. The summed E-state index contributed by atoms with van der Waals surface area (Å²) < 4.78 is 1.81. The highest BCUT2D eigenvalue weighted by molar-refractivity contribution is 6.33. The number of hydrogen-bond acceptors (Lipinski definition) is 3. The van der Waals surface area contributed by atoms with Crippen LogP contribution in [0.4, 0.5) is 5.69 Å². The van der Waals surface area contributed by atoms with Crippen molar-refractivity contribution in [2.45, 2.75) is 31.6 Å². The average molecular weight is 277 g/mol. The Morgan fingerprint density at radius 2 is 2.05 bits per heavy atom. The van der Waals surface area contributed by atoms with Gasteiger partial charge in [-0.15, -0.1) is 0 Å². The van der Waals surface area contributed by atoms with Gasteiger partial charge in [-0.1, -0.05) is 24.4 Å². The number of hydrogen-bond donors (Lipinski definition) is 1. The van der Waals surface area contributed by atoms with Crippen LogP contribution in [0.25, 0.3) is 11.4 Å². The highest BCUT2D eigenvalue weighted by Gasteiger charge is 2.23. The van der Waals surface area contributed by atoms with Crippen LogP contribution >= 0.6 is 11.6 Å². The van der Waals surface area contributed by atoms with Crippen molar-refractivity contribution in [1.29, 1.82) is 0 Å². The second-order valence-electron chi connectivity index (χ2n) is 5.14. The molecule has 1 heterocycles. The quantitative estimate of drug-likeness (QED) is 0.856. The third kappa shape index (κ3) is 2.32. The van der Waals surface area contributed by atoms with Gasteiger partial charge >= 0.3 is 0 Å². The number of halogens is 1. The minimum absolute atomic E-state index is 0.507. The van der Waals surface area contributed by atoms with Gasteiger partial charge in [-0.3, -0.25) is 0 Å². The highest BCUT2D eigenvalue weighted by atomic mass is 35.5. The lowest BCUT2D eigenvalue weighted by atomic mass is 10.1. The molecular formula is C14H17ClN4. The molecule has 0 bridgehead atoms. The number of nitrogens with two attached hydrogens (primary N) is 1. The van der Waals surface area contributed by atoms with Crippen molar-refractivity contribution in [3.8, 4) is 11.4 Å². The van der Waals surface area contributed by atoms with Gasteiger partial charge in [-0.05, 0) is 31.0 Å². The zero-order chi connectivity index (χ0) is 13.4. The van der Waals surface area contributed by atoms with Crippen LogP contribution in [-0.2, 0) is 7.05 Å². The molecule has 1 aromatic heterocycles. The van der Waals surface area contributed by atoms with E-state index in [1.165, 1.54) is 25.7 Å². The van der Waals surface area contributed by atoms with Crippen molar-refractivity contribution in [2.75, 3.05) is 5.73 Å². The minimum Gasteiger partial charge on any atom is -0.399 e. The van der Waals surface area contributed by atoms with Crippen LogP contribution in [0.3, 0.4) is 0 Å². The van der Waals surface area contributed by atoms with Crippen LogP contribution in [0.15, 0.2) is 18.2 Å². The number of benzene rings is 1. The van der Waals surface area contributed by atoms with Crippen LogP contribution in [0.5, 0.6) is 0 Å². The van der Waals surface area contributed by atoms with Crippen LogP contribution < -0.4 is 5.73 Å². The normalized spacial score (nSPS) is 16.1. The van der Waals surface area contributed by atoms with E-state index in [4.69, 9.17) is 17.3 Å². The standard InChI is InChI=1S/C14H17ClN4/c1-19-14(11-7-6-10(16)8-12(11)15)17-13(18-19)9-4-2-3-5-9/h6-9H,2-5,16H2,1H3. The number of rotatable bonds is 2. The van der Waals surface area contributed by atoms with Gasteiger partial charge in [-0.25, -0.2) is 9.67 Å². The Hall–Kier alpha value is -1.55. The SMILES string of the molecule is Cn1nc(C2CCCC2)nc1-c1ccc(N)cc1Cl. The molecule has 1 aromatic carbocycles. The van der Waals surface area contributed by atoms with Gasteiger partial charge in [-0.2, -0.15) is 5.10 Å². The molecule has 1 aliphatic rings. The van der Waals surface area contributed by atoms with Gasteiger partial charge in [0, 0.05) is 24.2 Å². The first kappa shape index (κ1) is 12.5. The van der Waals surface area contributed by atoms with E-state index in [0.717, 1.165) is 17.2 Å². The summed E-state index contributed by atoms with van der Waals surface area (Å²) in [6.45, 7) is 0. The van der Waals surface area contributed by atoms with Gasteiger partial charge in [0.25, 0.3) is 0 Å². The summed E-state index contributed by atoms with van der Waals surface area (Å²) in [6, 6.07) is 5.49. The van der Waals surface area contributed by atoms with Crippen LogP contribution in [-0.4, -0.2) is 14.8 Å². The molecule has 2 aromatic rings. The first-order chi connectivity index (χ1) is 9.15. The Kier molecular flexibility index (Phi) is 3.19. The van der Waals surface area contributed by atoms with Gasteiger partial charge < -0.3 is 5.73 Å². The minimum atomic E-state index is 0.507. The van der Waals surface area contributed by atoms with E-state index >= 15 is 0 Å². The summed E-state index contributed by atoms with van der Waals surface area (Å²) >= 11 is 6.24. The predicted octanol–water partition coefficient (Wildman–Crippen LogP) is 3.38. The van der Waals surface area contributed by atoms with Gasteiger partial charge in [0.1, 0.15) is 0 Å². The fraction of sp³-hybridized carbons (Fsp3) is 0.429. The Balaban J connectivity index is 2.00. The molecule has 5 heteroatoms. The summed E-state index contributed by atoms with van der Waals surface area (Å²) in [5, 5.41) is 5.17. The molecule has 0 amide bonds. The van der Waals surface area contributed by atoms with Crippen molar-refractivity contribution in [3.05, 3.63) is 29.0 Å². The lowest BCUT2D eigenvalue weighted by Crippen LogP contribution is -1.97. The molecule has 0 aliphatic heterocycles. The van der Waals surface area contributed by atoms with Crippen molar-refractivity contribution in [2.24, 2.45) is 7.05 Å². The number of nitrogens with zero attached hydrogens (tertiary/aromatic N) is 3. The molecule has 2 N–H and O–H groups in total. The Morgan fingerprint density at radius 1 is 1.32 bits per heavy atom. The maximum atomic E-state index is 6.24. The van der Waals surface area contributed by atoms with Gasteiger partial charge in [0.15, 0.2) is 11.6 Å². The molecule has 1 aliphatic carbocycles. The molecule has 3 rings (SSSR count). The molecule has 100 valence electrons. The first-order valence-electron chi connectivity index (χ1n) is 6.61. The molecule has 0 saturated heterocycles. The maximum Gasteiger partial charge on any atom is 0.159 e. The molecule has 0 radical (unpaired) electrons. The van der Waals surface area contributed by atoms with E-state index < -0.39 is 0 Å². The van der Waals surface area contributed by atoms with Crippen molar-refractivity contribution < 1.29 is 0 Å². The monoisotopic (exact) mass is 276 g/mol. The van der Waals surface area contributed by atoms with Gasteiger partial charge in [0.05, 0.1) is 5.02 Å². The topological polar surface area (TPSA) is 56.7 Å². The number of nitrogen functional groups attached to an aromatic ring is 1. The molecule has 1 saturated carbocycles. The molecule has 0 spiro atoms. The van der Waals surface area contributed by atoms with Crippen LogP contribution in [0.1, 0.15) is 37.4 Å². The van der Waals surface area contributed by atoms with E-state index in [0.29, 0.717) is 16.6 Å². The zero-order valence-corrected chi connectivity index (χ0v) is 11.7. The molecule has 1 fully saturated rings. The first-order valence-corrected chi connectivity index (χ1v) is 6.99. The van der Waals surface area contributed by atoms with Crippen molar-refractivity contribution in [3.63, 3.8) is 0 Å². The Morgan fingerprint density at radius 3 is 2.74 bits per heavy atom. The predicted molar refractivity (Wildman–Crippen MR) is 77.1 cm³/mol. The lowest BCUT2D eigenvalue weighted by molar-refractivity contribution is 0.648. The van der Waals surface area contributed by atoms with Crippen molar-refractivity contribution in [1.82, 2.24) is 14.8 Å². The summed E-state index contributed by atoms with van der Waals surface area (Å²) in [5.41, 5.74) is 7.26. The van der Waals surface area contributed by atoms with E-state index in [1.807, 2.05) is 23.9 Å². The number of aryl methyl sites for hydroxylation is 1. The van der Waals surface area contributed by atoms with E-state index in [-0.39, 0.29) is 0 Å². The van der Waals surface area contributed by atoms with Crippen LogP contribution in [0, 0.1) is 0 Å². The average Bonchev–Trinajstić information content (AvgIpc) is 2.98. The Bertz CT molecular complexity index is 599. The summed E-state index contributed by atoms with van der Waals surface area (Å²) in [6.07, 6.45) is 4.94. The smallest absolute Gasteiger partial charge is 0.159 e. The van der Waals surface area contributed by atoms with Crippen molar-refractivity contribution >= 4 is 17.3 Å². The third-order valence-electron chi connectivity index (χ3n) is 3.73. The maximum absolute atomic E-state index is 6.24. The highest BCUT2D eigenvalue weighted by Crippen LogP contribution is 2.34. The molecule has 19 heavy (non-hydrogen) atoms. The second-order valence-corrected chi connectivity index (χ2v) is 5.55. The Labute approximate surface area is 117 Å². The second kappa shape index (κ2) is 4.85. The fourth-order valence-corrected chi connectivity index (χ4v) is 2.98. The summed E-state index contributed by atoms with van der Waals surface area (Å²) in [7, 11) is 1.91. The number of anilines is 1. The fourth-order valence-electron chi connectivity index (χ4n) is 2.71. The van der Waals surface area contributed by atoms with E-state index in [2.05, 4.69) is 10.1 Å². The summed E-state index contributed by atoms with van der Waals surface area (Å²) in [4.78, 5) is 4.68.